The molecule has 1 aliphatic rings. The molecule has 4 nitrogen and oxygen atoms in total. The van der Waals surface area contributed by atoms with Crippen LogP contribution < -0.4 is 9.47 Å². The molecular weight excluding hydrogens is 360 g/mol. The van der Waals surface area contributed by atoms with E-state index in [1.807, 2.05) is 30.3 Å². The van der Waals surface area contributed by atoms with Crippen molar-refractivity contribution in [2.24, 2.45) is 0 Å². The summed E-state index contributed by atoms with van der Waals surface area (Å²) in [5, 5.41) is 0. The Morgan fingerprint density at radius 3 is 2.41 bits per heavy atom. The largest absolute Gasteiger partial charge is 0.493 e. The monoisotopic (exact) mass is 384 g/mol. The second-order valence-electron chi connectivity index (χ2n) is 6.41. The van der Waals surface area contributed by atoms with Crippen LogP contribution >= 0.6 is 0 Å². The Labute approximate surface area is 161 Å². The zero-order valence-corrected chi connectivity index (χ0v) is 16.2. The summed E-state index contributed by atoms with van der Waals surface area (Å²) in [6.07, 6.45) is 3.92. The van der Waals surface area contributed by atoms with Crippen LogP contribution in [0.4, 0.5) is 0 Å². The zero-order chi connectivity index (χ0) is 19.3. The summed E-state index contributed by atoms with van der Waals surface area (Å²) >= 11 is 0. The fourth-order valence-corrected chi connectivity index (χ4v) is 5.18. The van der Waals surface area contributed by atoms with Crippen molar-refractivity contribution in [2.75, 3.05) is 7.11 Å². The molecule has 0 saturated heterocycles. The van der Waals surface area contributed by atoms with E-state index in [4.69, 9.17) is 9.47 Å². The fraction of sp³-hybridized carbons (Fsp3) is 0.273. The first-order chi connectivity index (χ1) is 13.1. The number of methoxy groups -OCH3 is 1. The highest BCUT2D eigenvalue weighted by atomic mass is 32.2. The third-order valence-corrected chi connectivity index (χ3v) is 6.71. The molecule has 5 heteroatoms. The van der Waals surface area contributed by atoms with Crippen molar-refractivity contribution in [3.05, 3.63) is 77.7 Å². The number of ether oxygens (including phenoxy) is 2. The predicted molar refractivity (Wildman–Crippen MR) is 107 cm³/mol. The van der Waals surface area contributed by atoms with Gasteiger partial charge in [-0.25, -0.2) is 8.42 Å². The maximum Gasteiger partial charge on any atom is 0.202 e. The van der Waals surface area contributed by atoms with E-state index in [2.05, 4.69) is 6.58 Å². The van der Waals surface area contributed by atoms with Gasteiger partial charge in [0.25, 0.3) is 0 Å². The molecule has 0 unspecified atom stereocenters. The van der Waals surface area contributed by atoms with E-state index in [9.17, 15) is 8.42 Å². The van der Waals surface area contributed by atoms with Gasteiger partial charge in [0, 0.05) is 0 Å². The molecule has 3 rings (SSSR count). The second kappa shape index (κ2) is 8.44. The molecule has 0 heterocycles. The standard InChI is InChI=1S/C22H24O4S/c1-3-10-18-19(26-21-14-8-7-13-20(21)25-2)15-9-16-22(18)27(23,24)17-11-5-4-6-12-17/h3-8,11-14,19H,1,9-10,15-16H2,2H3/t19-/m0/s1. The Morgan fingerprint density at radius 2 is 1.74 bits per heavy atom. The average Bonchev–Trinajstić information content (AvgIpc) is 2.70. The van der Waals surface area contributed by atoms with Crippen LogP contribution in [-0.4, -0.2) is 21.6 Å². The first-order valence-electron chi connectivity index (χ1n) is 9.00. The molecule has 1 aliphatic carbocycles. The lowest BCUT2D eigenvalue weighted by molar-refractivity contribution is 0.204. The van der Waals surface area contributed by atoms with Gasteiger partial charge in [-0.05, 0) is 55.5 Å². The van der Waals surface area contributed by atoms with Gasteiger partial charge in [0.1, 0.15) is 6.10 Å². The van der Waals surface area contributed by atoms with Gasteiger partial charge in [-0.3, -0.25) is 0 Å². The van der Waals surface area contributed by atoms with E-state index < -0.39 is 9.84 Å². The van der Waals surface area contributed by atoms with Gasteiger partial charge in [-0.2, -0.15) is 0 Å². The topological polar surface area (TPSA) is 52.6 Å². The van der Waals surface area contributed by atoms with E-state index in [-0.39, 0.29) is 6.10 Å². The van der Waals surface area contributed by atoms with Gasteiger partial charge in [-0.1, -0.05) is 36.4 Å². The fourth-order valence-electron chi connectivity index (χ4n) is 3.41. The Bertz CT molecular complexity index is 930. The quantitative estimate of drug-likeness (QED) is 0.635. The molecule has 0 aliphatic heterocycles. The van der Waals surface area contributed by atoms with E-state index >= 15 is 0 Å². The van der Waals surface area contributed by atoms with Gasteiger partial charge in [0.05, 0.1) is 16.9 Å². The summed E-state index contributed by atoms with van der Waals surface area (Å²) in [7, 11) is -1.96. The number of benzene rings is 2. The number of para-hydroxylation sites is 2. The summed E-state index contributed by atoms with van der Waals surface area (Å²) in [4.78, 5) is 0.777. The molecular formula is C22H24O4S. The molecule has 0 N–H and O–H groups in total. The minimum absolute atomic E-state index is 0.318. The minimum Gasteiger partial charge on any atom is -0.493 e. The Morgan fingerprint density at radius 1 is 1.07 bits per heavy atom. The molecule has 1 atom stereocenters. The number of hydrogen-bond acceptors (Lipinski definition) is 4. The highest BCUT2D eigenvalue weighted by Crippen LogP contribution is 2.38. The van der Waals surface area contributed by atoms with Crippen molar-refractivity contribution >= 4 is 9.84 Å². The number of sulfone groups is 1. The molecule has 0 spiro atoms. The van der Waals surface area contributed by atoms with Crippen molar-refractivity contribution in [1.82, 2.24) is 0 Å². The lowest BCUT2D eigenvalue weighted by atomic mass is 9.93. The normalized spacial score (nSPS) is 17.4. The lowest BCUT2D eigenvalue weighted by Crippen LogP contribution is -2.27. The molecule has 0 bridgehead atoms. The van der Waals surface area contributed by atoms with Crippen molar-refractivity contribution in [3.8, 4) is 11.5 Å². The van der Waals surface area contributed by atoms with Crippen LogP contribution in [0.2, 0.25) is 0 Å². The van der Waals surface area contributed by atoms with Crippen molar-refractivity contribution < 1.29 is 17.9 Å². The first-order valence-corrected chi connectivity index (χ1v) is 10.5. The molecule has 27 heavy (non-hydrogen) atoms. The van der Waals surface area contributed by atoms with Gasteiger partial charge in [-0.15, -0.1) is 6.58 Å². The summed E-state index contributed by atoms with van der Waals surface area (Å²) in [5.41, 5.74) is 0.783. The maximum atomic E-state index is 13.2. The Hall–Kier alpha value is -2.53. The van der Waals surface area contributed by atoms with E-state index in [1.165, 1.54) is 0 Å². The van der Waals surface area contributed by atoms with Crippen LogP contribution in [0.15, 0.2) is 82.6 Å². The van der Waals surface area contributed by atoms with Gasteiger partial charge >= 0.3 is 0 Å². The third-order valence-electron chi connectivity index (χ3n) is 4.70. The van der Waals surface area contributed by atoms with Gasteiger partial charge in [0.2, 0.25) is 9.84 Å². The highest BCUT2D eigenvalue weighted by molar-refractivity contribution is 7.95. The first kappa shape index (κ1) is 19.2. The predicted octanol–water partition coefficient (Wildman–Crippen LogP) is 4.93. The summed E-state index contributed by atoms with van der Waals surface area (Å²) in [6, 6.07) is 16.0. The number of allylic oxidation sites excluding steroid dienone is 2. The summed E-state index contributed by atoms with van der Waals surface area (Å²) in [6.45, 7) is 3.81. The Balaban J connectivity index is 2.03. The van der Waals surface area contributed by atoms with Gasteiger partial charge < -0.3 is 9.47 Å². The van der Waals surface area contributed by atoms with Crippen LogP contribution in [-0.2, 0) is 9.84 Å². The van der Waals surface area contributed by atoms with Crippen molar-refractivity contribution in [2.45, 2.75) is 36.7 Å². The van der Waals surface area contributed by atoms with Crippen LogP contribution in [0, 0.1) is 0 Å². The molecule has 0 fully saturated rings. The van der Waals surface area contributed by atoms with Crippen molar-refractivity contribution in [3.63, 3.8) is 0 Å². The molecule has 2 aromatic carbocycles. The van der Waals surface area contributed by atoms with E-state index in [1.54, 1.807) is 37.5 Å². The number of hydrogen-bond donors (Lipinski definition) is 0. The molecule has 2 aromatic rings. The minimum atomic E-state index is -3.55. The van der Waals surface area contributed by atoms with Crippen LogP contribution in [0.5, 0.6) is 11.5 Å². The summed E-state index contributed by atoms with van der Waals surface area (Å²) in [5.74, 6) is 1.25. The maximum absolute atomic E-state index is 13.2. The van der Waals surface area contributed by atoms with Crippen LogP contribution in [0.3, 0.4) is 0 Å². The highest BCUT2D eigenvalue weighted by Gasteiger charge is 2.32. The average molecular weight is 384 g/mol. The van der Waals surface area contributed by atoms with E-state index in [0.29, 0.717) is 34.1 Å². The van der Waals surface area contributed by atoms with Crippen molar-refractivity contribution in [1.29, 1.82) is 0 Å². The van der Waals surface area contributed by atoms with Gasteiger partial charge in [0.15, 0.2) is 11.5 Å². The SMILES string of the molecule is C=CCC1=C(S(=O)(=O)c2ccccc2)CCC[C@@H]1Oc1ccccc1OC. The van der Waals surface area contributed by atoms with E-state index in [0.717, 1.165) is 18.4 Å². The molecule has 0 saturated carbocycles. The smallest absolute Gasteiger partial charge is 0.202 e. The zero-order valence-electron chi connectivity index (χ0n) is 15.4. The molecule has 0 aromatic heterocycles. The molecule has 142 valence electrons. The number of rotatable bonds is 7. The Kier molecular flexibility index (Phi) is 6.01. The van der Waals surface area contributed by atoms with Crippen LogP contribution in [0.1, 0.15) is 25.7 Å². The second-order valence-corrected chi connectivity index (χ2v) is 8.38. The molecule has 0 amide bonds. The third kappa shape index (κ3) is 4.08. The summed E-state index contributed by atoms with van der Waals surface area (Å²) < 4.78 is 38.0. The molecule has 0 radical (unpaired) electrons. The lowest BCUT2D eigenvalue weighted by Gasteiger charge is -2.29. The van der Waals surface area contributed by atoms with Crippen LogP contribution in [0.25, 0.3) is 0 Å².